The number of aliphatic hydroxyl groups excluding tert-OH is 2. The first-order chi connectivity index (χ1) is 10.8. The predicted molar refractivity (Wildman–Crippen MR) is 91.7 cm³/mol. The Hall–Kier alpha value is -0.260. The van der Waals surface area contributed by atoms with Crippen molar-refractivity contribution < 1.29 is 19.0 Å². The van der Waals surface area contributed by atoms with Gasteiger partial charge < -0.3 is 15.9 Å². The lowest BCUT2D eigenvalue weighted by molar-refractivity contribution is -0.0208. The van der Waals surface area contributed by atoms with Crippen LogP contribution in [-0.2, 0) is 0 Å². The molecule has 0 aliphatic carbocycles. The summed E-state index contributed by atoms with van der Waals surface area (Å²) >= 11 is 0. The number of unbranched alkanes of at least 4 members (excludes halogenated alkanes) is 6. The van der Waals surface area contributed by atoms with E-state index in [1.807, 2.05) is 0 Å². The number of hydrogen-bond acceptors (Lipinski definition) is 3. The Morgan fingerprint density at radius 3 is 1.96 bits per heavy atom. The zero-order valence-corrected chi connectivity index (χ0v) is 14.9. The summed E-state index contributed by atoms with van der Waals surface area (Å²) in [6.07, 6.45) is 6.14. The van der Waals surface area contributed by atoms with E-state index in [-0.39, 0.29) is 25.3 Å². The van der Waals surface area contributed by atoms with Gasteiger partial charge in [0.25, 0.3) is 0 Å². The molecule has 140 valence electrons. The van der Waals surface area contributed by atoms with E-state index < -0.39 is 18.1 Å². The maximum Gasteiger partial charge on any atom is 0.248 e. The highest BCUT2D eigenvalue weighted by Crippen LogP contribution is 2.28. The highest BCUT2D eigenvalue weighted by atomic mass is 19.3. The van der Waals surface area contributed by atoms with E-state index in [9.17, 15) is 19.0 Å². The highest BCUT2D eigenvalue weighted by molar-refractivity contribution is 4.71. The number of nitrogens with two attached hydrogens (primary N) is 1. The van der Waals surface area contributed by atoms with Gasteiger partial charge in [0.1, 0.15) is 0 Å². The summed E-state index contributed by atoms with van der Waals surface area (Å²) in [6, 6.07) is -0.360. The second-order valence-electron chi connectivity index (χ2n) is 6.94. The normalized spacial score (nSPS) is 16.3. The molecular weight excluding hydrogens is 300 g/mol. The van der Waals surface area contributed by atoms with Gasteiger partial charge in [0.2, 0.25) is 5.92 Å². The van der Waals surface area contributed by atoms with Crippen molar-refractivity contribution in [2.75, 3.05) is 0 Å². The Labute approximate surface area is 140 Å². The van der Waals surface area contributed by atoms with Crippen LogP contribution in [0.2, 0.25) is 0 Å². The zero-order valence-electron chi connectivity index (χ0n) is 14.9. The van der Waals surface area contributed by atoms with E-state index in [1.54, 1.807) is 6.92 Å². The molecular formula is C18H37F2NO2. The van der Waals surface area contributed by atoms with E-state index in [1.165, 1.54) is 0 Å². The van der Waals surface area contributed by atoms with Crippen molar-refractivity contribution in [3.8, 4) is 0 Å². The third-order valence-electron chi connectivity index (χ3n) is 4.35. The summed E-state index contributed by atoms with van der Waals surface area (Å²) < 4.78 is 27.4. The summed E-state index contributed by atoms with van der Waals surface area (Å²) in [4.78, 5) is 0. The Kier molecular flexibility index (Phi) is 12.9. The van der Waals surface area contributed by atoms with Gasteiger partial charge in [-0.2, -0.15) is 0 Å². The SMILES string of the molecule is CCCCCCCC(F)(F)CCCCCC(O)C[C@H](O)C(C)N. The van der Waals surface area contributed by atoms with Gasteiger partial charge in [0.15, 0.2) is 0 Å². The molecule has 0 fully saturated rings. The van der Waals surface area contributed by atoms with Gasteiger partial charge in [-0.25, -0.2) is 8.78 Å². The van der Waals surface area contributed by atoms with E-state index in [0.29, 0.717) is 32.1 Å². The molecule has 3 atom stereocenters. The summed E-state index contributed by atoms with van der Waals surface area (Å²) in [6.45, 7) is 3.81. The molecule has 0 bridgehead atoms. The van der Waals surface area contributed by atoms with Gasteiger partial charge in [-0.3, -0.25) is 0 Å². The van der Waals surface area contributed by atoms with Crippen LogP contribution in [-0.4, -0.2) is 34.4 Å². The first-order valence-corrected chi connectivity index (χ1v) is 9.28. The van der Waals surface area contributed by atoms with Crippen molar-refractivity contribution in [2.24, 2.45) is 5.73 Å². The number of rotatable bonds is 15. The molecule has 3 nitrogen and oxygen atoms in total. The smallest absolute Gasteiger partial charge is 0.248 e. The zero-order chi connectivity index (χ0) is 17.7. The number of aliphatic hydroxyl groups is 2. The van der Waals surface area contributed by atoms with Crippen LogP contribution in [0.5, 0.6) is 0 Å². The molecule has 0 amide bonds. The quantitative estimate of drug-likeness (QED) is 0.388. The maximum atomic E-state index is 13.7. The summed E-state index contributed by atoms with van der Waals surface area (Å²) in [5, 5.41) is 19.3. The van der Waals surface area contributed by atoms with Crippen molar-refractivity contribution >= 4 is 0 Å². The fourth-order valence-electron chi connectivity index (χ4n) is 2.66. The number of alkyl halides is 2. The van der Waals surface area contributed by atoms with Crippen LogP contribution in [0.25, 0.3) is 0 Å². The van der Waals surface area contributed by atoms with Gasteiger partial charge >= 0.3 is 0 Å². The lowest BCUT2D eigenvalue weighted by atomic mass is 9.99. The molecule has 0 radical (unpaired) electrons. The van der Waals surface area contributed by atoms with Gasteiger partial charge in [0, 0.05) is 25.3 Å². The Balaban J connectivity index is 3.61. The molecule has 0 rings (SSSR count). The van der Waals surface area contributed by atoms with Crippen LogP contribution in [0.15, 0.2) is 0 Å². The van der Waals surface area contributed by atoms with Crippen molar-refractivity contribution in [1.29, 1.82) is 0 Å². The molecule has 0 saturated carbocycles. The molecule has 5 heteroatoms. The standard InChI is InChI=1S/C18H37F2NO2/c1-3-4-5-6-9-12-18(19,20)13-10-7-8-11-16(22)14-17(23)15(2)21/h15-17,22-23H,3-14,21H2,1-2H3/t15?,16?,17-/m0/s1. The molecule has 0 aliphatic heterocycles. The fraction of sp³-hybridized carbons (Fsp3) is 1.00. The predicted octanol–water partition coefficient (Wildman–Crippen LogP) is 4.39. The van der Waals surface area contributed by atoms with Crippen LogP contribution < -0.4 is 5.73 Å². The molecule has 0 aromatic heterocycles. The first-order valence-electron chi connectivity index (χ1n) is 9.28. The fourth-order valence-corrected chi connectivity index (χ4v) is 2.66. The van der Waals surface area contributed by atoms with Crippen molar-refractivity contribution in [3.05, 3.63) is 0 Å². The van der Waals surface area contributed by atoms with Crippen molar-refractivity contribution in [3.63, 3.8) is 0 Å². The Morgan fingerprint density at radius 2 is 1.43 bits per heavy atom. The lowest BCUT2D eigenvalue weighted by Gasteiger charge is -2.19. The minimum absolute atomic E-state index is 0.0000793. The summed E-state index contributed by atoms with van der Waals surface area (Å²) in [5.41, 5.74) is 5.53. The minimum Gasteiger partial charge on any atom is -0.393 e. The molecule has 0 aliphatic rings. The highest BCUT2D eigenvalue weighted by Gasteiger charge is 2.27. The molecule has 0 aromatic carbocycles. The first kappa shape index (κ1) is 22.7. The Bertz CT molecular complexity index is 276. The second-order valence-corrected chi connectivity index (χ2v) is 6.94. The van der Waals surface area contributed by atoms with Crippen LogP contribution >= 0.6 is 0 Å². The van der Waals surface area contributed by atoms with E-state index in [0.717, 1.165) is 25.7 Å². The third kappa shape index (κ3) is 13.8. The van der Waals surface area contributed by atoms with E-state index in [4.69, 9.17) is 5.73 Å². The monoisotopic (exact) mass is 337 g/mol. The van der Waals surface area contributed by atoms with Crippen LogP contribution in [0.1, 0.15) is 90.9 Å². The average molecular weight is 337 g/mol. The van der Waals surface area contributed by atoms with Crippen molar-refractivity contribution in [2.45, 2.75) is 115 Å². The molecule has 0 saturated heterocycles. The summed E-state index contributed by atoms with van der Waals surface area (Å²) in [7, 11) is 0. The van der Waals surface area contributed by atoms with Crippen LogP contribution in [0, 0.1) is 0 Å². The maximum absolute atomic E-state index is 13.7. The van der Waals surface area contributed by atoms with Crippen LogP contribution in [0.3, 0.4) is 0 Å². The summed E-state index contributed by atoms with van der Waals surface area (Å²) in [5.74, 6) is -2.55. The molecule has 0 heterocycles. The molecule has 4 N–H and O–H groups in total. The molecule has 0 aromatic rings. The minimum atomic E-state index is -2.55. The van der Waals surface area contributed by atoms with Gasteiger partial charge in [-0.15, -0.1) is 0 Å². The lowest BCUT2D eigenvalue weighted by Crippen LogP contribution is -2.34. The van der Waals surface area contributed by atoms with Gasteiger partial charge in [0.05, 0.1) is 12.2 Å². The van der Waals surface area contributed by atoms with Gasteiger partial charge in [-0.05, 0) is 26.2 Å². The van der Waals surface area contributed by atoms with Crippen LogP contribution in [0.4, 0.5) is 8.78 Å². The van der Waals surface area contributed by atoms with Gasteiger partial charge in [-0.1, -0.05) is 45.4 Å². The number of halogens is 2. The number of hydrogen-bond donors (Lipinski definition) is 3. The molecule has 23 heavy (non-hydrogen) atoms. The van der Waals surface area contributed by atoms with E-state index >= 15 is 0 Å². The molecule has 0 spiro atoms. The topological polar surface area (TPSA) is 66.5 Å². The van der Waals surface area contributed by atoms with Crippen molar-refractivity contribution in [1.82, 2.24) is 0 Å². The largest absolute Gasteiger partial charge is 0.393 e. The average Bonchev–Trinajstić information content (AvgIpc) is 2.46. The third-order valence-corrected chi connectivity index (χ3v) is 4.35. The Morgan fingerprint density at radius 1 is 0.913 bits per heavy atom. The molecule has 2 unspecified atom stereocenters. The van der Waals surface area contributed by atoms with E-state index in [2.05, 4.69) is 6.92 Å². The second kappa shape index (κ2) is 13.1.